The van der Waals surface area contributed by atoms with E-state index in [1.807, 2.05) is 46.9 Å². The Balaban J connectivity index is 2.56. The maximum atomic E-state index is 11.6. The standard InChI is InChI=1S/C10H7ClI3NO/c11-7-3-1-6(2-4-7)5-15-10(16)8(12)9(13)14/h1-4H,5H2,(H,15,16). The van der Waals surface area contributed by atoms with Gasteiger partial charge in [0.2, 0.25) is 0 Å². The zero-order valence-corrected chi connectivity index (χ0v) is 15.2. The van der Waals surface area contributed by atoms with Gasteiger partial charge in [-0.05, 0) is 85.5 Å². The van der Waals surface area contributed by atoms with Gasteiger partial charge in [-0.25, -0.2) is 0 Å². The van der Waals surface area contributed by atoms with Gasteiger partial charge in [0, 0.05) is 11.6 Å². The molecule has 1 aromatic rings. The van der Waals surface area contributed by atoms with E-state index >= 15 is 0 Å². The van der Waals surface area contributed by atoms with Gasteiger partial charge in [-0.15, -0.1) is 0 Å². The van der Waals surface area contributed by atoms with Crippen molar-refractivity contribution >= 4 is 85.3 Å². The van der Waals surface area contributed by atoms with Gasteiger partial charge in [-0.2, -0.15) is 0 Å². The molecule has 86 valence electrons. The summed E-state index contributed by atoms with van der Waals surface area (Å²) in [6, 6.07) is 7.42. The number of amides is 1. The molecule has 0 heterocycles. The van der Waals surface area contributed by atoms with Crippen molar-refractivity contribution in [1.82, 2.24) is 5.32 Å². The highest BCUT2D eigenvalue weighted by atomic mass is 127. The van der Waals surface area contributed by atoms with Crippen LogP contribution in [-0.4, -0.2) is 5.91 Å². The van der Waals surface area contributed by atoms with Crippen LogP contribution in [-0.2, 0) is 11.3 Å². The highest BCUT2D eigenvalue weighted by Gasteiger charge is 2.08. The van der Waals surface area contributed by atoms with Gasteiger partial charge >= 0.3 is 0 Å². The molecule has 0 aliphatic carbocycles. The zero-order valence-electron chi connectivity index (χ0n) is 7.94. The van der Waals surface area contributed by atoms with Crippen LogP contribution >= 0.6 is 79.4 Å². The maximum Gasteiger partial charge on any atom is 0.259 e. The average Bonchev–Trinajstić information content (AvgIpc) is 2.26. The van der Waals surface area contributed by atoms with Crippen LogP contribution in [0.4, 0.5) is 0 Å². The lowest BCUT2D eigenvalue weighted by atomic mass is 10.2. The SMILES string of the molecule is O=C(NCc1ccc(Cl)cc1)C(I)=C(I)I. The lowest BCUT2D eigenvalue weighted by Crippen LogP contribution is -2.22. The molecule has 0 saturated carbocycles. The van der Waals surface area contributed by atoms with E-state index in [9.17, 15) is 4.79 Å². The lowest BCUT2D eigenvalue weighted by molar-refractivity contribution is -0.116. The van der Waals surface area contributed by atoms with Crippen LogP contribution in [0.5, 0.6) is 0 Å². The Morgan fingerprint density at radius 3 is 2.25 bits per heavy atom. The molecule has 1 aromatic carbocycles. The van der Waals surface area contributed by atoms with E-state index in [0.29, 0.717) is 15.1 Å². The summed E-state index contributed by atoms with van der Waals surface area (Å²) >= 11 is 12.1. The molecule has 0 spiro atoms. The van der Waals surface area contributed by atoms with Gasteiger partial charge in [0.05, 0.1) is 5.17 Å². The fourth-order valence-electron chi connectivity index (χ4n) is 0.948. The van der Waals surface area contributed by atoms with Crippen molar-refractivity contribution in [1.29, 1.82) is 0 Å². The Bertz CT molecular complexity index is 413. The molecule has 0 aliphatic rings. The van der Waals surface area contributed by atoms with Crippen molar-refractivity contribution in [2.75, 3.05) is 0 Å². The second-order valence-electron chi connectivity index (χ2n) is 2.88. The predicted molar refractivity (Wildman–Crippen MR) is 92.4 cm³/mol. The Morgan fingerprint density at radius 2 is 1.75 bits per heavy atom. The minimum absolute atomic E-state index is 0.0469. The summed E-state index contributed by atoms with van der Waals surface area (Å²) in [5.41, 5.74) is 1.03. The number of hydrogen-bond donors (Lipinski definition) is 1. The van der Waals surface area contributed by atoms with Crippen molar-refractivity contribution in [2.24, 2.45) is 0 Å². The first kappa shape index (κ1) is 15.0. The van der Waals surface area contributed by atoms with Gasteiger partial charge in [-0.1, -0.05) is 23.7 Å². The van der Waals surface area contributed by atoms with Crippen LogP contribution in [0, 0.1) is 0 Å². The van der Waals surface area contributed by atoms with Crippen LogP contribution in [0.25, 0.3) is 0 Å². The molecule has 0 aromatic heterocycles. The van der Waals surface area contributed by atoms with Crippen molar-refractivity contribution in [3.8, 4) is 0 Å². The summed E-state index contributed by atoms with van der Waals surface area (Å²) in [5, 5.41) is 3.54. The summed E-state index contributed by atoms with van der Waals surface area (Å²) in [5.74, 6) is -0.0469. The average molecular weight is 573 g/mol. The fraction of sp³-hybridized carbons (Fsp3) is 0.100. The number of nitrogens with one attached hydrogen (secondary N) is 1. The smallest absolute Gasteiger partial charge is 0.259 e. The third-order valence-corrected chi connectivity index (χ3v) is 6.16. The van der Waals surface area contributed by atoms with Crippen LogP contribution in [0.1, 0.15) is 5.56 Å². The van der Waals surface area contributed by atoms with E-state index < -0.39 is 0 Å². The van der Waals surface area contributed by atoms with Crippen LogP contribution in [0.2, 0.25) is 5.02 Å². The molecule has 0 atom stereocenters. The van der Waals surface area contributed by atoms with Crippen LogP contribution in [0.3, 0.4) is 0 Å². The molecule has 1 amide bonds. The molecular weight excluding hydrogens is 566 g/mol. The third-order valence-electron chi connectivity index (χ3n) is 1.73. The highest BCUT2D eigenvalue weighted by molar-refractivity contribution is 14.2. The van der Waals surface area contributed by atoms with E-state index in [4.69, 9.17) is 11.6 Å². The van der Waals surface area contributed by atoms with Gasteiger partial charge in [0.1, 0.15) is 0 Å². The topological polar surface area (TPSA) is 29.1 Å². The molecule has 0 bridgehead atoms. The van der Waals surface area contributed by atoms with Crippen molar-refractivity contribution in [3.05, 3.63) is 40.0 Å². The Kier molecular flexibility index (Phi) is 6.89. The molecule has 2 nitrogen and oxygen atoms in total. The quantitative estimate of drug-likeness (QED) is 0.421. The first-order valence-electron chi connectivity index (χ1n) is 4.24. The Morgan fingerprint density at radius 1 is 1.19 bits per heavy atom. The predicted octanol–water partition coefficient (Wildman–Crippen LogP) is 4.43. The van der Waals surface area contributed by atoms with Crippen molar-refractivity contribution in [2.45, 2.75) is 6.54 Å². The van der Waals surface area contributed by atoms with Crippen LogP contribution in [0.15, 0.2) is 29.4 Å². The number of benzene rings is 1. The van der Waals surface area contributed by atoms with Gasteiger partial charge in [0.25, 0.3) is 5.91 Å². The molecule has 16 heavy (non-hydrogen) atoms. The van der Waals surface area contributed by atoms with E-state index in [0.717, 1.165) is 7.15 Å². The zero-order chi connectivity index (χ0) is 12.1. The Labute approximate surface area is 140 Å². The highest BCUT2D eigenvalue weighted by Crippen LogP contribution is 2.25. The molecule has 1 rings (SSSR count). The molecule has 0 saturated heterocycles. The largest absolute Gasteiger partial charge is 0.348 e. The minimum atomic E-state index is -0.0469. The number of halogens is 4. The fourth-order valence-corrected chi connectivity index (χ4v) is 1.75. The maximum absolute atomic E-state index is 11.6. The number of rotatable bonds is 3. The van der Waals surface area contributed by atoms with Gasteiger partial charge in [-0.3, -0.25) is 4.79 Å². The second kappa shape index (κ2) is 7.37. The van der Waals surface area contributed by atoms with E-state index in [2.05, 4.69) is 50.5 Å². The van der Waals surface area contributed by atoms with Crippen LogP contribution < -0.4 is 5.32 Å². The number of carbonyl (C=O) groups excluding carboxylic acids is 1. The monoisotopic (exact) mass is 573 g/mol. The first-order chi connectivity index (χ1) is 7.50. The molecule has 0 radical (unpaired) electrons. The van der Waals surface area contributed by atoms with Gasteiger partial charge < -0.3 is 5.32 Å². The van der Waals surface area contributed by atoms with Crippen molar-refractivity contribution < 1.29 is 4.79 Å². The van der Waals surface area contributed by atoms with Gasteiger partial charge in [0.15, 0.2) is 0 Å². The molecule has 0 fully saturated rings. The van der Waals surface area contributed by atoms with Crippen molar-refractivity contribution in [3.63, 3.8) is 0 Å². The van der Waals surface area contributed by atoms with E-state index in [1.165, 1.54) is 0 Å². The summed E-state index contributed by atoms with van der Waals surface area (Å²) in [4.78, 5) is 11.6. The number of hydrogen-bond acceptors (Lipinski definition) is 1. The molecule has 1 N–H and O–H groups in total. The number of carbonyl (C=O) groups is 1. The summed E-state index contributed by atoms with van der Waals surface area (Å²) in [6.07, 6.45) is 0. The summed E-state index contributed by atoms with van der Waals surface area (Å²) in [6.45, 7) is 0.517. The molecule has 6 heteroatoms. The normalized spacial score (nSPS) is 9.75. The summed E-state index contributed by atoms with van der Waals surface area (Å²) in [7, 11) is 0. The lowest BCUT2D eigenvalue weighted by Gasteiger charge is -2.05. The minimum Gasteiger partial charge on any atom is -0.348 e. The van der Waals surface area contributed by atoms with E-state index in [-0.39, 0.29) is 5.91 Å². The third kappa shape index (κ3) is 5.05. The molecule has 0 aliphatic heterocycles. The molecular formula is C10H7ClI3NO. The molecule has 0 unspecified atom stereocenters. The first-order valence-corrected chi connectivity index (χ1v) is 7.85. The summed E-state index contributed by atoms with van der Waals surface area (Å²) < 4.78 is 1.68. The second-order valence-corrected chi connectivity index (χ2v) is 8.62. The van der Waals surface area contributed by atoms with E-state index in [1.54, 1.807) is 0 Å². The Hall–Kier alpha value is 0.910.